The van der Waals surface area contributed by atoms with Crippen LogP contribution in [-0.4, -0.2) is 76.9 Å². The Morgan fingerprint density at radius 3 is 2.91 bits per heavy atom. The van der Waals surface area contributed by atoms with Crippen molar-refractivity contribution in [3.8, 4) is 5.88 Å². The number of hydrogen-bond donors (Lipinski definition) is 2. The summed E-state index contributed by atoms with van der Waals surface area (Å²) in [7, 11) is 1.65. The molecule has 0 unspecified atom stereocenters. The molecule has 3 aromatic rings. The molecule has 2 bridgehead atoms. The number of carbonyl (C=O) groups excluding carboxylic acids is 1. The maximum atomic E-state index is 11.6. The first-order chi connectivity index (χ1) is 16.7. The maximum Gasteiger partial charge on any atom is 0.235 e. The molecular formula is C24H28ClN7O2S. The molecule has 3 aromatic heterocycles. The molecule has 2 saturated heterocycles. The Morgan fingerprint density at radius 2 is 2.09 bits per heavy atom. The van der Waals surface area contributed by atoms with Gasteiger partial charge in [0.2, 0.25) is 11.8 Å². The Kier molecular flexibility index (Phi) is 6.97. The third-order valence-corrected chi connectivity index (χ3v) is 7.87. The van der Waals surface area contributed by atoms with E-state index in [9.17, 15) is 4.79 Å². The van der Waals surface area contributed by atoms with Gasteiger partial charge in [-0.2, -0.15) is 0 Å². The molecule has 9 nitrogen and oxygen atoms in total. The number of halogens is 1. The second-order valence-corrected chi connectivity index (χ2v) is 9.92. The van der Waals surface area contributed by atoms with Crippen molar-refractivity contribution in [1.29, 1.82) is 0 Å². The molecule has 6 rings (SSSR count). The normalized spacial score (nSPS) is 21.1. The second-order valence-electron chi connectivity index (χ2n) is 8.91. The summed E-state index contributed by atoms with van der Waals surface area (Å²) in [6.07, 6.45) is 3.05. The van der Waals surface area contributed by atoms with Gasteiger partial charge in [0, 0.05) is 57.1 Å². The number of rotatable bonds is 7. The number of anilines is 2. The van der Waals surface area contributed by atoms with Crippen LogP contribution in [0.4, 0.5) is 11.5 Å². The lowest BCUT2D eigenvalue weighted by atomic mass is 10.2. The van der Waals surface area contributed by atoms with E-state index in [4.69, 9.17) is 4.74 Å². The van der Waals surface area contributed by atoms with Crippen LogP contribution in [0.2, 0.25) is 0 Å². The van der Waals surface area contributed by atoms with E-state index < -0.39 is 0 Å². The van der Waals surface area contributed by atoms with E-state index in [-0.39, 0.29) is 18.3 Å². The van der Waals surface area contributed by atoms with Gasteiger partial charge >= 0.3 is 0 Å². The third kappa shape index (κ3) is 4.75. The highest BCUT2D eigenvalue weighted by Gasteiger charge is 2.43. The third-order valence-electron chi connectivity index (χ3n) is 6.82. The predicted molar refractivity (Wildman–Crippen MR) is 140 cm³/mol. The van der Waals surface area contributed by atoms with Crippen molar-refractivity contribution in [2.24, 2.45) is 0 Å². The van der Waals surface area contributed by atoms with Crippen LogP contribution in [0.1, 0.15) is 12.1 Å². The minimum atomic E-state index is 0. The van der Waals surface area contributed by atoms with Gasteiger partial charge in [-0.15, -0.1) is 24.2 Å². The Bertz CT molecular complexity index is 1250. The fourth-order valence-corrected chi connectivity index (χ4v) is 5.96. The van der Waals surface area contributed by atoms with Crippen molar-refractivity contribution in [2.45, 2.75) is 29.9 Å². The summed E-state index contributed by atoms with van der Waals surface area (Å²) in [6.45, 7) is 4.67. The van der Waals surface area contributed by atoms with Crippen molar-refractivity contribution in [3.05, 3.63) is 42.2 Å². The molecule has 2 fully saturated rings. The summed E-state index contributed by atoms with van der Waals surface area (Å²) in [6, 6.07) is 11.0. The molecule has 6 heterocycles. The number of amides is 1. The average Bonchev–Trinajstić information content (AvgIpc) is 3.46. The lowest BCUT2D eigenvalue weighted by molar-refractivity contribution is -0.113. The maximum absolute atomic E-state index is 11.6. The Balaban J connectivity index is 0.00000253. The van der Waals surface area contributed by atoms with E-state index in [1.54, 1.807) is 7.11 Å². The lowest BCUT2D eigenvalue weighted by Crippen LogP contribution is -2.48. The molecule has 0 aliphatic carbocycles. The van der Waals surface area contributed by atoms with Gasteiger partial charge in [-0.1, -0.05) is 0 Å². The first-order valence-electron chi connectivity index (χ1n) is 11.6. The number of ether oxygens (including phenoxy) is 1. The smallest absolute Gasteiger partial charge is 0.235 e. The number of hydrogen-bond acceptors (Lipinski definition) is 9. The Hall–Kier alpha value is -2.66. The zero-order chi connectivity index (χ0) is 23.1. The second kappa shape index (κ2) is 10.1. The van der Waals surface area contributed by atoms with Crippen LogP contribution in [0.3, 0.4) is 0 Å². The number of aromatic nitrogens is 3. The van der Waals surface area contributed by atoms with Crippen molar-refractivity contribution in [3.63, 3.8) is 0 Å². The Morgan fingerprint density at radius 1 is 1.17 bits per heavy atom. The Labute approximate surface area is 214 Å². The number of nitrogens with one attached hydrogen (secondary N) is 2. The van der Waals surface area contributed by atoms with Crippen LogP contribution in [0.25, 0.3) is 11.0 Å². The number of pyridine rings is 3. The molecule has 11 heteroatoms. The van der Waals surface area contributed by atoms with Gasteiger partial charge in [-0.25, -0.2) is 9.97 Å². The molecular weight excluding hydrogens is 486 g/mol. The molecule has 0 radical (unpaired) electrons. The molecule has 0 aromatic carbocycles. The van der Waals surface area contributed by atoms with E-state index in [0.29, 0.717) is 36.1 Å². The van der Waals surface area contributed by atoms with Gasteiger partial charge in [0.1, 0.15) is 11.3 Å². The molecule has 2 atom stereocenters. The molecule has 35 heavy (non-hydrogen) atoms. The average molecular weight is 514 g/mol. The van der Waals surface area contributed by atoms with Crippen molar-refractivity contribution in [2.75, 3.05) is 49.3 Å². The van der Waals surface area contributed by atoms with Gasteiger partial charge in [0.15, 0.2) is 0 Å². The largest absolute Gasteiger partial charge is 0.481 e. The first-order valence-corrected chi connectivity index (χ1v) is 12.6. The molecule has 0 saturated carbocycles. The fraction of sp³-hybridized carbons (Fsp3) is 0.417. The van der Waals surface area contributed by atoms with E-state index in [1.165, 1.54) is 18.2 Å². The van der Waals surface area contributed by atoms with E-state index >= 15 is 0 Å². The molecule has 0 spiro atoms. The first kappa shape index (κ1) is 24.1. The van der Waals surface area contributed by atoms with Gasteiger partial charge in [-0.3, -0.25) is 14.7 Å². The van der Waals surface area contributed by atoms with Crippen LogP contribution in [0.15, 0.2) is 41.4 Å². The zero-order valence-electron chi connectivity index (χ0n) is 19.4. The molecule has 184 valence electrons. The number of carbonyl (C=O) groups is 1. The minimum Gasteiger partial charge on any atom is -0.481 e. The van der Waals surface area contributed by atoms with Gasteiger partial charge in [0.05, 0.1) is 34.7 Å². The van der Waals surface area contributed by atoms with Gasteiger partial charge < -0.3 is 20.3 Å². The highest BCUT2D eigenvalue weighted by molar-refractivity contribution is 8.00. The standard InChI is InChI=1S/C24H27N7O2S.ClH/c1-33-22-5-3-18-23(29-22)19(6-7-26-18)31-13-16-10-17(31)12-30(16)9-8-25-11-15-2-4-20-24(27-15)28-21(32)14-34-20;/h2-7,16-17,25H,8-14H2,1H3,(H,27,28,32);1H/t16-,17-;/m1./s1. The molecule has 1 amide bonds. The SMILES string of the molecule is COc1ccc2nccc(N3C[C@H]4C[C@@H]3CN4CCNCc3ccc4c(n3)NC(=O)CS4)c2n1.Cl. The molecule has 3 aliphatic heterocycles. The summed E-state index contributed by atoms with van der Waals surface area (Å²) in [5.41, 5.74) is 3.91. The summed E-state index contributed by atoms with van der Waals surface area (Å²) >= 11 is 1.54. The lowest BCUT2D eigenvalue weighted by Gasteiger charge is -2.35. The highest BCUT2D eigenvalue weighted by Crippen LogP contribution is 2.37. The molecule has 3 aliphatic rings. The highest BCUT2D eigenvalue weighted by atomic mass is 35.5. The van der Waals surface area contributed by atoms with Crippen LogP contribution in [0, 0.1) is 0 Å². The zero-order valence-corrected chi connectivity index (χ0v) is 21.1. The number of piperazine rings is 1. The number of fused-ring (bicyclic) bond motifs is 4. The van der Waals surface area contributed by atoms with E-state index in [2.05, 4.69) is 41.5 Å². The van der Waals surface area contributed by atoms with Crippen LogP contribution in [0.5, 0.6) is 5.88 Å². The predicted octanol–water partition coefficient (Wildman–Crippen LogP) is 2.55. The van der Waals surface area contributed by atoms with Crippen molar-refractivity contribution >= 4 is 52.6 Å². The minimum absolute atomic E-state index is 0. The topological polar surface area (TPSA) is 95.5 Å². The van der Waals surface area contributed by atoms with Crippen molar-refractivity contribution in [1.82, 2.24) is 25.2 Å². The van der Waals surface area contributed by atoms with Gasteiger partial charge in [0.25, 0.3) is 0 Å². The van der Waals surface area contributed by atoms with E-state index in [0.717, 1.165) is 53.5 Å². The number of nitrogens with zero attached hydrogens (tertiary/aromatic N) is 5. The molecule has 2 N–H and O–H groups in total. The fourth-order valence-electron chi connectivity index (χ4n) is 5.20. The van der Waals surface area contributed by atoms with Crippen LogP contribution < -0.4 is 20.3 Å². The summed E-state index contributed by atoms with van der Waals surface area (Å²) in [5.74, 6) is 1.79. The summed E-state index contributed by atoms with van der Waals surface area (Å²) in [4.78, 5) is 31.5. The van der Waals surface area contributed by atoms with E-state index in [1.807, 2.05) is 30.5 Å². The number of methoxy groups -OCH3 is 1. The summed E-state index contributed by atoms with van der Waals surface area (Å²) in [5, 5.41) is 6.38. The van der Waals surface area contributed by atoms with Gasteiger partial charge in [-0.05, 0) is 30.7 Å². The van der Waals surface area contributed by atoms with Crippen LogP contribution >= 0.6 is 24.2 Å². The van der Waals surface area contributed by atoms with Crippen molar-refractivity contribution < 1.29 is 9.53 Å². The quantitative estimate of drug-likeness (QED) is 0.462. The number of likely N-dealkylation sites (tertiary alicyclic amines) is 1. The number of thioether (sulfide) groups is 1. The van der Waals surface area contributed by atoms with Crippen LogP contribution in [-0.2, 0) is 11.3 Å². The monoisotopic (exact) mass is 513 g/mol. The summed E-state index contributed by atoms with van der Waals surface area (Å²) < 4.78 is 5.34.